The molecule has 208 valence electrons. The van der Waals surface area contributed by atoms with Gasteiger partial charge in [0, 0.05) is 19.0 Å². The Morgan fingerprint density at radius 3 is 2.29 bits per heavy atom. The van der Waals surface area contributed by atoms with Gasteiger partial charge in [-0.15, -0.1) is 6.42 Å². The Labute approximate surface area is 227 Å². The summed E-state index contributed by atoms with van der Waals surface area (Å²) in [5.74, 6) is 1.97. The summed E-state index contributed by atoms with van der Waals surface area (Å²) in [5.41, 5.74) is 3.69. The number of terminal acetylenes is 1. The lowest BCUT2D eigenvalue weighted by atomic mass is 9.82. The molecular formula is C30H42N2O6. The molecule has 3 aliphatic carbocycles. The van der Waals surface area contributed by atoms with Gasteiger partial charge < -0.3 is 14.2 Å². The molecule has 4 aliphatic rings. The minimum Gasteiger partial charge on any atom is -0.460 e. The zero-order chi connectivity index (χ0) is 28.4. The van der Waals surface area contributed by atoms with Crippen molar-refractivity contribution >= 4 is 18.2 Å². The molecule has 0 radical (unpaired) electrons. The van der Waals surface area contributed by atoms with E-state index in [4.69, 9.17) is 20.6 Å². The van der Waals surface area contributed by atoms with Crippen molar-refractivity contribution in [2.75, 3.05) is 14.2 Å². The molecule has 2 amide bonds. The van der Waals surface area contributed by atoms with Crippen LogP contribution in [0.3, 0.4) is 0 Å². The maximum Gasteiger partial charge on any atom is 0.410 e. The molecule has 1 aliphatic heterocycles. The number of likely N-dealkylation sites (tertiary alicyclic amines) is 1. The molecule has 5 atom stereocenters. The quantitative estimate of drug-likeness (QED) is 0.301. The van der Waals surface area contributed by atoms with E-state index in [1.807, 2.05) is 13.8 Å². The molecule has 0 spiro atoms. The third-order valence-electron chi connectivity index (χ3n) is 7.50. The number of esters is 1. The summed E-state index contributed by atoms with van der Waals surface area (Å²) in [7, 11) is 2.88. The monoisotopic (exact) mass is 526 g/mol. The van der Waals surface area contributed by atoms with E-state index in [9.17, 15) is 14.4 Å². The molecule has 1 saturated carbocycles. The van der Waals surface area contributed by atoms with Gasteiger partial charge in [-0.2, -0.15) is 0 Å². The van der Waals surface area contributed by atoms with Crippen molar-refractivity contribution in [2.24, 2.45) is 11.8 Å². The van der Waals surface area contributed by atoms with Crippen LogP contribution < -0.4 is 0 Å². The number of aryl methyl sites for hydroxylation is 1. The van der Waals surface area contributed by atoms with Crippen LogP contribution in [0.1, 0.15) is 65.9 Å². The number of nitrogens with zero attached hydrogens (tertiary/aromatic N) is 2. The van der Waals surface area contributed by atoms with Gasteiger partial charge in [0.1, 0.15) is 17.7 Å². The number of amides is 2. The Morgan fingerprint density at radius 2 is 1.87 bits per heavy atom. The van der Waals surface area contributed by atoms with Crippen LogP contribution in [-0.4, -0.2) is 71.9 Å². The van der Waals surface area contributed by atoms with Crippen LogP contribution in [-0.2, 0) is 19.0 Å². The predicted molar refractivity (Wildman–Crippen MR) is 145 cm³/mol. The van der Waals surface area contributed by atoms with E-state index in [0.717, 1.165) is 12.8 Å². The third kappa shape index (κ3) is 6.25. The highest BCUT2D eigenvalue weighted by Crippen LogP contribution is 2.41. The number of likely N-dealkylation sites (N-methyl/N-ethyl adjacent to an activating group) is 1. The normalized spacial score (nSPS) is 23.7. The molecule has 8 nitrogen and oxygen atoms in total. The molecule has 0 aromatic heterocycles. The minimum atomic E-state index is -0.781. The molecule has 2 fully saturated rings. The average molecular weight is 527 g/mol. The van der Waals surface area contributed by atoms with E-state index in [0.29, 0.717) is 12.8 Å². The van der Waals surface area contributed by atoms with Gasteiger partial charge in [-0.05, 0) is 76.0 Å². The second-order valence-electron chi connectivity index (χ2n) is 11.7. The smallest absolute Gasteiger partial charge is 0.410 e. The number of rotatable bonds is 4. The van der Waals surface area contributed by atoms with Crippen molar-refractivity contribution in [3.05, 3.63) is 23.8 Å². The summed E-state index contributed by atoms with van der Waals surface area (Å²) < 4.78 is 16.3. The molecular weight excluding hydrogens is 484 g/mol. The van der Waals surface area contributed by atoms with Crippen LogP contribution in [0, 0.1) is 31.1 Å². The number of benzene rings is 1. The van der Waals surface area contributed by atoms with E-state index >= 15 is 0 Å². The molecule has 2 unspecified atom stereocenters. The first-order valence-electron chi connectivity index (χ1n) is 13.4. The molecule has 0 aromatic carbocycles. The average Bonchev–Trinajstić information content (AvgIpc) is 3.20. The van der Waals surface area contributed by atoms with E-state index < -0.39 is 29.8 Å². The molecule has 0 bridgehead atoms. The van der Waals surface area contributed by atoms with Crippen molar-refractivity contribution in [2.45, 2.75) is 97.1 Å². The van der Waals surface area contributed by atoms with Crippen molar-refractivity contribution in [3.8, 4) is 23.5 Å². The van der Waals surface area contributed by atoms with Gasteiger partial charge in [0.05, 0.1) is 13.2 Å². The molecule has 1 heterocycles. The lowest BCUT2D eigenvalue weighted by Gasteiger charge is -2.38. The molecule has 0 N–H and O–H groups in total. The van der Waals surface area contributed by atoms with Crippen LogP contribution in [0.4, 0.5) is 9.59 Å². The Hall–Kier alpha value is -3.21. The summed E-state index contributed by atoms with van der Waals surface area (Å²) in [6.45, 7) is 11.2. The summed E-state index contributed by atoms with van der Waals surface area (Å²) in [6.07, 6.45) is 7.11. The maximum atomic E-state index is 13.2. The van der Waals surface area contributed by atoms with E-state index in [1.165, 1.54) is 28.7 Å². The first kappa shape index (κ1) is 29.3. The number of hydrogen-bond donors (Lipinski definition) is 0. The zero-order valence-corrected chi connectivity index (χ0v) is 23.9. The summed E-state index contributed by atoms with van der Waals surface area (Å²) in [6, 6.07) is 5.22. The Kier molecular flexibility index (Phi) is 9.01. The molecule has 1 saturated heterocycles. The first-order chi connectivity index (χ1) is 17.8. The van der Waals surface area contributed by atoms with Gasteiger partial charge in [-0.1, -0.05) is 38.0 Å². The first-order valence-corrected chi connectivity index (χ1v) is 13.4. The van der Waals surface area contributed by atoms with Crippen molar-refractivity contribution < 1.29 is 28.6 Å². The minimum absolute atomic E-state index is 0.0579. The van der Waals surface area contributed by atoms with E-state index in [1.54, 1.807) is 32.7 Å². The van der Waals surface area contributed by atoms with Gasteiger partial charge in [0.15, 0.2) is 0 Å². The Balaban J connectivity index is 0.000000483. The Bertz CT molecular complexity index is 1090. The second kappa shape index (κ2) is 11.7. The Morgan fingerprint density at radius 1 is 1.18 bits per heavy atom. The zero-order valence-electron chi connectivity index (χ0n) is 23.9. The van der Waals surface area contributed by atoms with Gasteiger partial charge in [-0.25, -0.2) is 14.4 Å². The molecule has 4 rings (SSSR count). The third-order valence-corrected chi connectivity index (χ3v) is 7.50. The van der Waals surface area contributed by atoms with Crippen molar-refractivity contribution in [1.82, 2.24) is 9.80 Å². The topological polar surface area (TPSA) is 85.4 Å². The van der Waals surface area contributed by atoms with E-state index in [2.05, 4.69) is 31.0 Å². The highest BCUT2D eigenvalue weighted by atomic mass is 16.6. The summed E-state index contributed by atoms with van der Waals surface area (Å²) >= 11 is 0. The summed E-state index contributed by atoms with van der Waals surface area (Å²) in [5, 5.41) is 0. The van der Waals surface area contributed by atoms with Gasteiger partial charge in [-0.3, -0.25) is 9.80 Å². The van der Waals surface area contributed by atoms with Crippen LogP contribution in [0.5, 0.6) is 0 Å². The van der Waals surface area contributed by atoms with Crippen LogP contribution in [0.2, 0.25) is 0 Å². The van der Waals surface area contributed by atoms with Gasteiger partial charge in [0.2, 0.25) is 0 Å². The number of methoxy groups -OCH3 is 1. The van der Waals surface area contributed by atoms with Crippen LogP contribution in [0.25, 0.3) is 11.1 Å². The number of fused-ring (bicyclic) bond motifs is 2. The standard InChI is InChI=1S/C23H36N2O6.C7H6/c1-9-15-13-16-17(25(15)22(28)29-8)11-10-12-18(16)30-20(26)19(14(2)3)24(7)21(27)31-23(4,5)6;1-5-4-6-2-3-7(5)6/h1,14-19H,10-13H2,2-8H3;2-4H,1H3/t15?,16-,17-,18+,19?;/m1./s1. The SMILES string of the molecule is C#CC1C[C@H]2[C@@H](OC(=O)C(C(C)C)N(C)C(=O)OC(C)(C)C)CCC[C@H]2N1C(=O)OC.Cc1cc2ccc1-2. The highest BCUT2D eigenvalue weighted by Gasteiger charge is 2.50. The lowest BCUT2D eigenvalue weighted by molar-refractivity contribution is -0.161. The highest BCUT2D eigenvalue weighted by molar-refractivity contribution is 5.82. The van der Waals surface area contributed by atoms with Gasteiger partial charge >= 0.3 is 18.2 Å². The predicted octanol–water partition coefficient (Wildman–Crippen LogP) is 5.41. The number of hydrogen-bond acceptors (Lipinski definition) is 6. The fraction of sp³-hybridized carbons (Fsp3) is 0.633. The number of ether oxygens (including phenoxy) is 3. The molecule has 8 heteroatoms. The van der Waals surface area contributed by atoms with Gasteiger partial charge in [0.25, 0.3) is 0 Å². The van der Waals surface area contributed by atoms with Crippen molar-refractivity contribution in [1.29, 1.82) is 0 Å². The lowest BCUT2D eigenvalue weighted by Crippen LogP contribution is -2.51. The second-order valence-corrected chi connectivity index (χ2v) is 11.7. The fourth-order valence-electron chi connectivity index (χ4n) is 5.65. The molecule has 0 aromatic rings. The maximum absolute atomic E-state index is 13.2. The van der Waals surface area contributed by atoms with Crippen molar-refractivity contribution in [3.63, 3.8) is 0 Å². The number of carbonyl (C=O) groups is 3. The summed E-state index contributed by atoms with van der Waals surface area (Å²) in [4.78, 5) is 40.9. The van der Waals surface area contributed by atoms with Crippen LogP contribution >= 0.6 is 0 Å². The largest absolute Gasteiger partial charge is 0.460 e. The molecule has 38 heavy (non-hydrogen) atoms. The van der Waals surface area contributed by atoms with Crippen LogP contribution in [0.15, 0.2) is 18.2 Å². The number of carbonyl (C=O) groups excluding carboxylic acids is 3. The fourth-order valence-corrected chi connectivity index (χ4v) is 5.65. The van der Waals surface area contributed by atoms with E-state index in [-0.39, 0.29) is 30.0 Å².